The van der Waals surface area contributed by atoms with E-state index >= 15 is 0 Å². The first-order valence-corrected chi connectivity index (χ1v) is 4.44. The lowest BCUT2D eigenvalue weighted by Gasteiger charge is -2.04. The van der Waals surface area contributed by atoms with Gasteiger partial charge in [-0.25, -0.2) is 4.79 Å². The third-order valence-corrected chi connectivity index (χ3v) is 1.35. The zero-order chi connectivity index (χ0) is 9.94. The van der Waals surface area contributed by atoms with Crippen molar-refractivity contribution >= 4 is 6.09 Å². The summed E-state index contributed by atoms with van der Waals surface area (Å²) in [5, 5.41) is 2.62. The number of unbranched alkanes of at least 4 members (excludes halogenated alkanes) is 1. The van der Waals surface area contributed by atoms with E-state index in [0.717, 1.165) is 12.8 Å². The molecule has 0 spiro atoms. The lowest BCUT2D eigenvalue weighted by molar-refractivity contribution is 0.151. The zero-order valence-corrected chi connectivity index (χ0v) is 8.04. The van der Waals surface area contributed by atoms with Crippen molar-refractivity contribution in [2.75, 3.05) is 19.8 Å². The highest BCUT2D eigenvalue weighted by Gasteiger charge is 1.97. The van der Waals surface area contributed by atoms with Gasteiger partial charge < -0.3 is 14.8 Å². The van der Waals surface area contributed by atoms with Gasteiger partial charge >= 0.3 is 6.09 Å². The van der Waals surface area contributed by atoms with Crippen LogP contribution in [0.5, 0.6) is 0 Å². The highest BCUT2D eigenvalue weighted by Crippen LogP contribution is 1.89. The Hall–Kier alpha value is -1.19. The normalized spacial score (nSPS) is 9.00. The molecule has 1 N–H and O–H groups in total. The van der Waals surface area contributed by atoms with Crippen LogP contribution in [0.2, 0.25) is 0 Å². The maximum Gasteiger partial charge on any atom is 0.407 e. The van der Waals surface area contributed by atoms with E-state index in [2.05, 4.69) is 16.6 Å². The van der Waals surface area contributed by atoms with Crippen molar-refractivity contribution in [1.29, 1.82) is 0 Å². The Kier molecular flexibility index (Phi) is 8.09. The highest BCUT2D eigenvalue weighted by atomic mass is 16.5. The van der Waals surface area contributed by atoms with Crippen molar-refractivity contribution in [3.8, 4) is 0 Å². The number of carbonyl (C=O) groups is 1. The van der Waals surface area contributed by atoms with Crippen LogP contribution in [0.15, 0.2) is 12.8 Å². The largest absolute Gasteiger partial charge is 0.502 e. The molecule has 76 valence electrons. The van der Waals surface area contributed by atoms with Gasteiger partial charge in [-0.3, -0.25) is 0 Å². The predicted octanol–water partition coefficient (Wildman–Crippen LogP) is 1.67. The molecule has 0 atom stereocenters. The Balaban J connectivity index is 3.06. The van der Waals surface area contributed by atoms with Gasteiger partial charge in [0.15, 0.2) is 0 Å². The SMILES string of the molecule is C=COCCCCNC(=O)OCC. The van der Waals surface area contributed by atoms with Crippen molar-refractivity contribution < 1.29 is 14.3 Å². The number of hydrogen-bond donors (Lipinski definition) is 1. The molecule has 0 aliphatic heterocycles. The van der Waals surface area contributed by atoms with Crippen LogP contribution in [-0.2, 0) is 9.47 Å². The summed E-state index contributed by atoms with van der Waals surface area (Å²) in [7, 11) is 0. The van der Waals surface area contributed by atoms with Gasteiger partial charge in [-0.1, -0.05) is 6.58 Å². The highest BCUT2D eigenvalue weighted by molar-refractivity contribution is 5.66. The van der Waals surface area contributed by atoms with Crippen LogP contribution in [0.1, 0.15) is 19.8 Å². The predicted molar refractivity (Wildman–Crippen MR) is 50.4 cm³/mol. The summed E-state index contributed by atoms with van der Waals surface area (Å²) in [6.45, 7) is 6.87. The molecular formula is C9H17NO3. The average molecular weight is 187 g/mol. The van der Waals surface area contributed by atoms with Crippen LogP contribution >= 0.6 is 0 Å². The second-order valence-corrected chi connectivity index (χ2v) is 2.39. The van der Waals surface area contributed by atoms with Crippen LogP contribution in [0, 0.1) is 0 Å². The van der Waals surface area contributed by atoms with Crippen LogP contribution in [0.25, 0.3) is 0 Å². The summed E-state index contributed by atoms with van der Waals surface area (Å²) in [5.74, 6) is 0. The molecule has 13 heavy (non-hydrogen) atoms. The van der Waals surface area contributed by atoms with Gasteiger partial charge in [-0.2, -0.15) is 0 Å². The Labute approximate surface area is 78.9 Å². The first-order chi connectivity index (χ1) is 6.31. The third kappa shape index (κ3) is 8.72. The van der Waals surface area contributed by atoms with E-state index in [1.54, 1.807) is 6.92 Å². The molecular weight excluding hydrogens is 170 g/mol. The van der Waals surface area contributed by atoms with Gasteiger partial charge in [0.05, 0.1) is 19.5 Å². The fourth-order valence-electron chi connectivity index (χ4n) is 0.766. The first kappa shape index (κ1) is 11.8. The molecule has 0 saturated heterocycles. The summed E-state index contributed by atoms with van der Waals surface area (Å²) in [6.07, 6.45) is 2.84. The van der Waals surface area contributed by atoms with Crippen molar-refractivity contribution in [3.63, 3.8) is 0 Å². The molecule has 0 aromatic heterocycles. The number of rotatable bonds is 7. The van der Waals surface area contributed by atoms with E-state index in [-0.39, 0.29) is 6.09 Å². The van der Waals surface area contributed by atoms with Crippen molar-refractivity contribution in [1.82, 2.24) is 5.32 Å². The number of ether oxygens (including phenoxy) is 2. The van der Waals surface area contributed by atoms with E-state index in [1.807, 2.05) is 0 Å². The van der Waals surface area contributed by atoms with Gasteiger partial charge in [0, 0.05) is 6.54 Å². The minimum atomic E-state index is -0.355. The standard InChI is InChI=1S/C9H17NO3/c1-3-12-8-6-5-7-10-9(11)13-4-2/h3H,1,4-8H2,2H3,(H,10,11). The smallest absolute Gasteiger partial charge is 0.407 e. The molecule has 0 unspecified atom stereocenters. The lowest BCUT2D eigenvalue weighted by Crippen LogP contribution is -2.25. The Morgan fingerprint density at radius 2 is 2.31 bits per heavy atom. The molecule has 0 fully saturated rings. The van der Waals surface area contributed by atoms with Gasteiger partial charge in [0.2, 0.25) is 0 Å². The second kappa shape index (κ2) is 8.90. The van der Waals surface area contributed by atoms with E-state index < -0.39 is 0 Å². The molecule has 0 bridgehead atoms. The van der Waals surface area contributed by atoms with E-state index in [1.165, 1.54) is 6.26 Å². The van der Waals surface area contributed by atoms with E-state index in [4.69, 9.17) is 4.74 Å². The molecule has 0 rings (SSSR count). The number of amides is 1. The van der Waals surface area contributed by atoms with Crippen LogP contribution in [0.3, 0.4) is 0 Å². The summed E-state index contributed by atoms with van der Waals surface area (Å²) in [5.41, 5.74) is 0. The zero-order valence-electron chi connectivity index (χ0n) is 8.04. The molecule has 1 amide bonds. The van der Waals surface area contributed by atoms with E-state index in [9.17, 15) is 4.79 Å². The third-order valence-electron chi connectivity index (χ3n) is 1.35. The quantitative estimate of drug-likeness (QED) is 0.487. The molecule has 0 aliphatic rings. The summed E-state index contributed by atoms with van der Waals surface area (Å²) in [4.78, 5) is 10.8. The molecule has 4 nitrogen and oxygen atoms in total. The fraction of sp³-hybridized carbons (Fsp3) is 0.667. The Bertz CT molecular complexity index is 148. The minimum absolute atomic E-state index is 0.355. The minimum Gasteiger partial charge on any atom is -0.502 e. The number of carbonyl (C=O) groups excluding carboxylic acids is 1. The summed E-state index contributed by atoms with van der Waals surface area (Å²) < 4.78 is 9.58. The monoisotopic (exact) mass is 187 g/mol. The molecule has 0 heterocycles. The fourth-order valence-corrected chi connectivity index (χ4v) is 0.766. The summed E-state index contributed by atoms with van der Waals surface area (Å²) >= 11 is 0. The number of hydrogen-bond acceptors (Lipinski definition) is 3. The maximum absolute atomic E-state index is 10.8. The van der Waals surface area contributed by atoms with Gasteiger partial charge in [0.25, 0.3) is 0 Å². The van der Waals surface area contributed by atoms with Gasteiger partial charge in [0.1, 0.15) is 0 Å². The molecule has 4 heteroatoms. The van der Waals surface area contributed by atoms with Gasteiger partial charge in [-0.05, 0) is 19.8 Å². The second-order valence-electron chi connectivity index (χ2n) is 2.39. The Morgan fingerprint density at radius 1 is 1.54 bits per heavy atom. The van der Waals surface area contributed by atoms with Crippen LogP contribution < -0.4 is 5.32 Å². The Morgan fingerprint density at radius 3 is 2.92 bits per heavy atom. The first-order valence-electron chi connectivity index (χ1n) is 4.44. The van der Waals surface area contributed by atoms with Crippen LogP contribution in [-0.4, -0.2) is 25.9 Å². The number of nitrogens with one attached hydrogen (secondary N) is 1. The molecule has 0 aromatic rings. The molecule has 0 radical (unpaired) electrons. The topological polar surface area (TPSA) is 47.6 Å². The van der Waals surface area contributed by atoms with Crippen molar-refractivity contribution in [2.24, 2.45) is 0 Å². The van der Waals surface area contributed by atoms with Crippen molar-refractivity contribution in [2.45, 2.75) is 19.8 Å². The number of alkyl carbamates (subject to hydrolysis) is 1. The molecule has 0 aromatic carbocycles. The van der Waals surface area contributed by atoms with Crippen molar-refractivity contribution in [3.05, 3.63) is 12.8 Å². The molecule has 0 aliphatic carbocycles. The van der Waals surface area contributed by atoms with Gasteiger partial charge in [-0.15, -0.1) is 0 Å². The van der Waals surface area contributed by atoms with E-state index in [0.29, 0.717) is 19.8 Å². The summed E-state index contributed by atoms with van der Waals surface area (Å²) in [6, 6.07) is 0. The molecule has 0 saturated carbocycles. The van der Waals surface area contributed by atoms with Crippen LogP contribution in [0.4, 0.5) is 4.79 Å². The lowest BCUT2D eigenvalue weighted by atomic mass is 10.3. The average Bonchev–Trinajstić information content (AvgIpc) is 2.11. The maximum atomic E-state index is 10.8.